The second-order valence-corrected chi connectivity index (χ2v) is 5.16. The van der Waals surface area contributed by atoms with Crippen molar-refractivity contribution in [2.75, 3.05) is 13.2 Å². The Balaban J connectivity index is 1.92. The largest absolute Gasteiger partial charge is 0.381 e. The number of halogens is 1. The summed E-state index contributed by atoms with van der Waals surface area (Å²) in [5.41, 5.74) is 1.63. The molecule has 0 amide bonds. The van der Waals surface area contributed by atoms with Gasteiger partial charge in [-0.1, -0.05) is 0 Å². The number of pyridine rings is 1. The van der Waals surface area contributed by atoms with E-state index in [0.717, 1.165) is 30.0 Å². The van der Waals surface area contributed by atoms with Crippen LogP contribution in [-0.4, -0.2) is 18.2 Å². The molecule has 2 atom stereocenters. The van der Waals surface area contributed by atoms with Gasteiger partial charge in [0.1, 0.15) is 0 Å². The van der Waals surface area contributed by atoms with Gasteiger partial charge in [-0.05, 0) is 46.8 Å². The number of fused-ring (bicyclic) bond motifs is 1. The minimum absolute atomic E-state index is 0.374. The van der Waals surface area contributed by atoms with Crippen molar-refractivity contribution in [3.05, 3.63) is 28.5 Å². The third-order valence-corrected chi connectivity index (χ3v) is 3.95. The van der Waals surface area contributed by atoms with Gasteiger partial charge < -0.3 is 4.74 Å². The summed E-state index contributed by atoms with van der Waals surface area (Å²) in [4.78, 5) is 4.51. The molecule has 3 rings (SSSR count). The molecule has 0 unspecified atom stereocenters. The van der Waals surface area contributed by atoms with Crippen molar-refractivity contribution in [2.24, 2.45) is 5.92 Å². The number of hydrogen-bond acceptors (Lipinski definition) is 2. The molecular weight excluding hydrogens is 242 g/mol. The van der Waals surface area contributed by atoms with Crippen LogP contribution < -0.4 is 0 Å². The molecule has 1 aromatic heterocycles. The van der Waals surface area contributed by atoms with Crippen LogP contribution in [0.15, 0.2) is 22.8 Å². The van der Waals surface area contributed by atoms with E-state index in [0.29, 0.717) is 5.41 Å². The van der Waals surface area contributed by atoms with Gasteiger partial charge in [0.15, 0.2) is 0 Å². The van der Waals surface area contributed by atoms with Gasteiger partial charge in [-0.3, -0.25) is 4.98 Å². The van der Waals surface area contributed by atoms with Gasteiger partial charge in [0.2, 0.25) is 0 Å². The molecule has 0 N–H and O–H groups in total. The lowest BCUT2D eigenvalue weighted by molar-refractivity contribution is 0.0794. The third-order valence-electron chi connectivity index (χ3n) is 3.48. The van der Waals surface area contributed by atoms with Crippen LogP contribution in [0.2, 0.25) is 0 Å². The van der Waals surface area contributed by atoms with Gasteiger partial charge in [-0.15, -0.1) is 0 Å². The normalized spacial score (nSPS) is 35.1. The SMILES string of the molecule is Brc1ccc([C@]23CCOC[C@H]2C3)nc1. The van der Waals surface area contributed by atoms with Crippen LogP contribution >= 0.6 is 15.9 Å². The van der Waals surface area contributed by atoms with Crippen molar-refractivity contribution >= 4 is 15.9 Å². The minimum atomic E-state index is 0.374. The van der Waals surface area contributed by atoms with Crippen LogP contribution in [0.25, 0.3) is 0 Å². The molecule has 2 heterocycles. The molecule has 0 aromatic carbocycles. The molecule has 14 heavy (non-hydrogen) atoms. The Morgan fingerprint density at radius 2 is 2.43 bits per heavy atom. The maximum Gasteiger partial charge on any atom is 0.0503 e. The van der Waals surface area contributed by atoms with E-state index in [9.17, 15) is 0 Å². The zero-order chi connectivity index (χ0) is 9.60. The van der Waals surface area contributed by atoms with Crippen molar-refractivity contribution in [3.63, 3.8) is 0 Å². The Morgan fingerprint density at radius 3 is 3.14 bits per heavy atom. The number of aromatic nitrogens is 1. The summed E-state index contributed by atoms with van der Waals surface area (Å²) in [6, 6.07) is 4.23. The first kappa shape index (κ1) is 8.86. The average Bonchev–Trinajstić information content (AvgIpc) is 2.94. The van der Waals surface area contributed by atoms with Gasteiger partial charge in [0.05, 0.1) is 6.61 Å². The van der Waals surface area contributed by atoms with Crippen molar-refractivity contribution in [3.8, 4) is 0 Å². The molecule has 1 aromatic rings. The first-order chi connectivity index (χ1) is 6.81. The topological polar surface area (TPSA) is 22.1 Å². The van der Waals surface area contributed by atoms with Gasteiger partial charge in [-0.25, -0.2) is 0 Å². The average molecular weight is 254 g/mol. The molecule has 0 bridgehead atoms. The molecule has 0 radical (unpaired) electrons. The molecule has 2 aliphatic rings. The molecule has 3 heteroatoms. The van der Waals surface area contributed by atoms with Crippen molar-refractivity contribution in [1.82, 2.24) is 4.98 Å². The fraction of sp³-hybridized carbons (Fsp3) is 0.545. The second kappa shape index (κ2) is 3.04. The summed E-state index contributed by atoms with van der Waals surface area (Å²) >= 11 is 3.41. The predicted molar refractivity (Wildman–Crippen MR) is 57.2 cm³/mol. The van der Waals surface area contributed by atoms with Gasteiger partial charge in [0, 0.05) is 28.4 Å². The van der Waals surface area contributed by atoms with E-state index in [2.05, 4.69) is 33.0 Å². The fourth-order valence-corrected chi connectivity index (χ4v) is 2.73. The molecule has 2 fully saturated rings. The quantitative estimate of drug-likeness (QED) is 0.768. The molecule has 1 saturated heterocycles. The minimum Gasteiger partial charge on any atom is -0.381 e. The van der Waals surface area contributed by atoms with Crippen LogP contribution in [0.4, 0.5) is 0 Å². The summed E-state index contributed by atoms with van der Waals surface area (Å²) in [6.07, 6.45) is 4.31. The van der Waals surface area contributed by atoms with Crippen molar-refractivity contribution in [1.29, 1.82) is 0 Å². The summed E-state index contributed by atoms with van der Waals surface area (Å²) in [7, 11) is 0. The Morgan fingerprint density at radius 1 is 1.50 bits per heavy atom. The lowest BCUT2D eigenvalue weighted by atomic mass is 9.93. The fourth-order valence-electron chi connectivity index (χ4n) is 2.50. The molecule has 2 nitrogen and oxygen atoms in total. The van der Waals surface area contributed by atoms with E-state index < -0.39 is 0 Å². The Bertz CT molecular complexity index is 351. The Hall–Kier alpha value is -0.410. The smallest absolute Gasteiger partial charge is 0.0503 e. The standard InChI is InChI=1S/C11H12BrNO/c12-9-1-2-10(13-6-9)11-3-4-14-7-8(11)5-11/h1-2,6,8H,3-5,7H2/t8-,11+/m1/s1. The zero-order valence-electron chi connectivity index (χ0n) is 7.87. The Labute approximate surface area is 91.8 Å². The van der Waals surface area contributed by atoms with Gasteiger partial charge in [0.25, 0.3) is 0 Å². The van der Waals surface area contributed by atoms with Crippen molar-refractivity contribution < 1.29 is 4.74 Å². The highest BCUT2D eigenvalue weighted by Crippen LogP contribution is 2.58. The van der Waals surface area contributed by atoms with Crippen LogP contribution in [0.3, 0.4) is 0 Å². The predicted octanol–water partition coefficient (Wildman–Crippen LogP) is 2.52. The van der Waals surface area contributed by atoms with E-state index in [1.165, 1.54) is 12.1 Å². The maximum absolute atomic E-state index is 5.46. The Kier molecular flexibility index (Phi) is 1.92. The van der Waals surface area contributed by atoms with Gasteiger partial charge >= 0.3 is 0 Å². The van der Waals surface area contributed by atoms with Crippen LogP contribution in [0.5, 0.6) is 0 Å². The number of nitrogens with zero attached hydrogens (tertiary/aromatic N) is 1. The number of rotatable bonds is 1. The van der Waals surface area contributed by atoms with Crippen LogP contribution in [0, 0.1) is 5.92 Å². The molecule has 1 aliphatic heterocycles. The van der Waals surface area contributed by atoms with E-state index in [4.69, 9.17) is 4.74 Å². The highest BCUT2D eigenvalue weighted by Gasteiger charge is 2.57. The molecule has 1 aliphatic carbocycles. The zero-order valence-corrected chi connectivity index (χ0v) is 9.46. The molecule has 1 saturated carbocycles. The number of ether oxygens (including phenoxy) is 1. The third kappa shape index (κ3) is 1.22. The highest BCUT2D eigenvalue weighted by atomic mass is 79.9. The van der Waals surface area contributed by atoms with Crippen molar-refractivity contribution in [2.45, 2.75) is 18.3 Å². The molecule has 74 valence electrons. The van der Waals surface area contributed by atoms with E-state index in [1.807, 2.05) is 6.20 Å². The first-order valence-electron chi connectivity index (χ1n) is 5.01. The number of hydrogen-bond donors (Lipinski definition) is 0. The maximum atomic E-state index is 5.46. The second-order valence-electron chi connectivity index (χ2n) is 4.24. The van der Waals surface area contributed by atoms with Crippen LogP contribution in [-0.2, 0) is 10.2 Å². The summed E-state index contributed by atoms with van der Waals surface area (Å²) < 4.78 is 6.51. The van der Waals surface area contributed by atoms with Gasteiger partial charge in [-0.2, -0.15) is 0 Å². The summed E-state index contributed by atoms with van der Waals surface area (Å²) in [6.45, 7) is 1.83. The molecular formula is C11H12BrNO. The van der Waals surface area contributed by atoms with E-state index >= 15 is 0 Å². The summed E-state index contributed by atoms with van der Waals surface area (Å²) in [5.74, 6) is 0.727. The lowest BCUT2D eigenvalue weighted by Gasteiger charge is -2.21. The monoisotopic (exact) mass is 253 g/mol. The molecule has 0 spiro atoms. The van der Waals surface area contributed by atoms with Crippen LogP contribution in [0.1, 0.15) is 18.5 Å². The first-order valence-corrected chi connectivity index (χ1v) is 5.80. The van der Waals surface area contributed by atoms with E-state index in [1.54, 1.807) is 0 Å². The van der Waals surface area contributed by atoms with E-state index in [-0.39, 0.29) is 0 Å². The highest BCUT2D eigenvalue weighted by molar-refractivity contribution is 9.10. The lowest BCUT2D eigenvalue weighted by Crippen LogP contribution is -2.22. The summed E-state index contributed by atoms with van der Waals surface area (Å²) in [5, 5.41) is 0.